The van der Waals surface area contributed by atoms with E-state index in [1.807, 2.05) is 13.1 Å². The van der Waals surface area contributed by atoms with E-state index in [1.54, 1.807) is 0 Å². The molecule has 1 aromatic rings. The zero-order valence-electron chi connectivity index (χ0n) is 12.2. The van der Waals surface area contributed by atoms with Gasteiger partial charge in [0.15, 0.2) is 0 Å². The number of anilines is 1. The minimum Gasteiger partial charge on any atom is -0.357 e. The molecule has 18 heavy (non-hydrogen) atoms. The second-order valence-corrected chi connectivity index (χ2v) is 4.96. The molecule has 0 spiro atoms. The summed E-state index contributed by atoms with van der Waals surface area (Å²) in [6, 6.07) is 4.23. The molecule has 1 atom stereocenters. The summed E-state index contributed by atoms with van der Waals surface area (Å²) >= 11 is 0. The molecule has 0 saturated heterocycles. The lowest BCUT2D eigenvalue weighted by Gasteiger charge is -2.26. The van der Waals surface area contributed by atoms with E-state index in [4.69, 9.17) is 5.73 Å². The molecule has 102 valence electrons. The lowest BCUT2D eigenvalue weighted by molar-refractivity contribution is 0.484. The first-order valence-electron chi connectivity index (χ1n) is 7.08. The third kappa shape index (κ3) is 3.98. The van der Waals surface area contributed by atoms with Crippen molar-refractivity contribution in [2.75, 3.05) is 18.0 Å². The Balaban J connectivity index is 2.75. The maximum absolute atomic E-state index is 5.84. The van der Waals surface area contributed by atoms with Crippen LogP contribution in [0.4, 0.5) is 5.82 Å². The SMILES string of the molecule is CCC(CC)CN(CC)c1ccc([C@@H](C)N)cn1. The Kier molecular flexibility index (Phi) is 6.13. The standard InChI is InChI=1S/C15H27N3/c1-5-13(6-2)11-18(7-3)15-9-8-14(10-17-15)12(4)16/h8-10,12-13H,5-7,11,16H2,1-4H3/t12-/m1/s1. The second kappa shape index (κ2) is 7.37. The third-order valence-electron chi connectivity index (χ3n) is 3.64. The van der Waals surface area contributed by atoms with Gasteiger partial charge in [-0.2, -0.15) is 0 Å². The van der Waals surface area contributed by atoms with Crippen LogP contribution in [0.1, 0.15) is 52.1 Å². The van der Waals surface area contributed by atoms with E-state index in [1.165, 1.54) is 12.8 Å². The summed E-state index contributed by atoms with van der Waals surface area (Å²) < 4.78 is 0. The normalized spacial score (nSPS) is 12.8. The minimum absolute atomic E-state index is 0.0562. The molecule has 0 bridgehead atoms. The van der Waals surface area contributed by atoms with Crippen molar-refractivity contribution >= 4 is 5.82 Å². The van der Waals surface area contributed by atoms with Gasteiger partial charge in [-0.1, -0.05) is 32.8 Å². The van der Waals surface area contributed by atoms with E-state index in [0.717, 1.165) is 30.4 Å². The summed E-state index contributed by atoms with van der Waals surface area (Å²) in [6.45, 7) is 10.8. The van der Waals surface area contributed by atoms with Crippen LogP contribution in [-0.2, 0) is 0 Å². The highest BCUT2D eigenvalue weighted by atomic mass is 15.2. The predicted octanol–water partition coefficient (Wildman–Crippen LogP) is 3.36. The van der Waals surface area contributed by atoms with Crippen molar-refractivity contribution in [1.82, 2.24) is 4.98 Å². The maximum atomic E-state index is 5.84. The molecule has 0 aliphatic carbocycles. The van der Waals surface area contributed by atoms with Crippen LogP contribution in [-0.4, -0.2) is 18.1 Å². The Hall–Kier alpha value is -1.09. The van der Waals surface area contributed by atoms with Crippen molar-refractivity contribution < 1.29 is 0 Å². The molecule has 0 fully saturated rings. The molecule has 3 nitrogen and oxygen atoms in total. The van der Waals surface area contributed by atoms with Crippen LogP contribution in [0.2, 0.25) is 0 Å². The smallest absolute Gasteiger partial charge is 0.128 e. The highest BCUT2D eigenvalue weighted by Gasteiger charge is 2.12. The summed E-state index contributed by atoms with van der Waals surface area (Å²) in [5.41, 5.74) is 6.94. The zero-order chi connectivity index (χ0) is 13.5. The van der Waals surface area contributed by atoms with Crippen molar-refractivity contribution in [2.45, 2.75) is 46.6 Å². The van der Waals surface area contributed by atoms with Gasteiger partial charge in [0.1, 0.15) is 5.82 Å². The van der Waals surface area contributed by atoms with E-state index in [0.29, 0.717) is 0 Å². The quantitative estimate of drug-likeness (QED) is 0.805. The van der Waals surface area contributed by atoms with E-state index >= 15 is 0 Å². The maximum Gasteiger partial charge on any atom is 0.128 e. The van der Waals surface area contributed by atoms with Gasteiger partial charge in [0.25, 0.3) is 0 Å². The number of nitrogens with two attached hydrogens (primary N) is 1. The fraction of sp³-hybridized carbons (Fsp3) is 0.667. The average molecular weight is 249 g/mol. The van der Waals surface area contributed by atoms with Gasteiger partial charge in [0.05, 0.1) is 0 Å². The Bertz CT molecular complexity index is 328. The van der Waals surface area contributed by atoms with E-state index in [9.17, 15) is 0 Å². The molecular formula is C15H27N3. The molecule has 2 N–H and O–H groups in total. The van der Waals surface area contributed by atoms with E-state index < -0.39 is 0 Å². The number of nitrogens with zero attached hydrogens (tertiary/aromatic N) is 2. The lowest BCUT2D eigenvalue weighted by atomic mass is 10.0. The van der Waals surface area contributed by atoms with E-state index in [2.05, 4.69) is 42.8 Å². The molecule has 0 aliphatic rings. The molecule has 0 radical (unpaired) electrons. The number of aromatic nitrogens is 1. The molecule has 0 amide bonds. The molecular weight excluding hydrogens is 222 g/mol. The van der Waals surface area contributed by atoms with Crippen LogP contribution in [0.5, 0.6) is 0 Å². The van der Waals surface area contributed by atoms with Gasteiger partial charge >= 0.3 is 0 Å². The monoisotopic (exact) mass is 249 g/mol. The molecule has 1 aromatic heterocycles. The van der Waals surface area contributed by atoms with Gasteiger partial charge < -0.3 is 10.6 Å². The van der Waals surface area contributed by atoms with Crippen LogP contribution >= 0.6 is 0 Å². The zero-order valence-corrected chi connectivity index (χ0v) is 12.2. The first-order valence-corrected chi connectivity index (χ1v) is 7.08. The Morgan fingerprint density at radius 1 is 1.22 bits per heavy atom. The predicted molar refractivity (Wildman–Crippen MR) is 78.8 cm³/mol. The molecule has 0 saturated carbocycles. The lowest BCUT2D eigenvalue weighted by Crippen LogP contribution is -2.29. The number of rotatable bonds is 7. The van der Waals surface area contributed by atoms with Crippen molar-refractivity contribution in [3.05, 3.63) is 23.9 Å². The highest BCUT2D eigenvalue weighted by Crippen LogP contribution is 2.18. The van der Waals surface area contributed by atoms with Crippen molar-refractivity contribution in [3.8, 4) is 0 Å². The number of hydrogen-bond acceptors (Lipinski definition) is 3. The molecule has 0 aromatic carbocycles. The number of hydrogen-bond donors (Lipinski definition) is 1. The Morgan fingerprint density at radius 2 is 1.89 bits per heavy atom. The van der Waals surface area contributed by atoms with Crippen LogP contribution in [0, 0.1) is 5.92 Å². The van der Waals surface area contributed by atoms with Gasteiger partial charge in [-0.15, -0.1) is 0 Å². The molecule has 3 heteroatoms. The summed E-state index contributed by atoms with van der Waals surface area (Å²) in [7, 11) is 0. The van der Waals surface area contributed by atoms with Crippen LogP contribution in [0.15, 0.2) is 18.3 Å². The van der Waals surface area contributed by atoms with Crippen LogP contribution in [0.25, 0.3) is 0 Å². The second-order valence-electron chi connectivity index (χ2n) is 4.96. The molecule has 1 rings (SSSR count). The van der Waals surface area contributed by atoms with Gasteiger partial charge in [0, 0.05) is 25.3 Å². The van der Waals surface area contributed by atoms with Crippen LogP contribution in [0.3, 0.4) is 0 Å². The highest BCUT2D eigenvalue weighted by molar-refractivity contribution is 5.39. The summed E-state index contributed by atoms with van der Waals surface area (Å²) in [5, 5.41) is 0. The van der Waals surface area contributed by atoms with Gasteiger partial charge in [0.2, 0.25) is 0 Å². The topological polar surface area (TPSA) is 42.1 Å². The first kappa shape index (κ1) is 15.0. The minimum atomic E-state index is 0.0562. The van der Waals surface area contributed by atoms with Gasteiger partial charge in [-0.25, -0.2) is 4.98 Å². The van der Waals surface area contributed by atoms with E-state index in [-0.39, 0.29) is 6.04 Å². The van der Waals surface area contributed by atoms with Crippen molar-refractivity contribution in [1.29, 1.82) is 0 Å². The molecule has 0 aliphatic heterocycles. The Morgan fingerprint density at radius 3 is 2.28 bits per heavy atom. The van der Waals surface area contributed by atoms with Crippen molar-refractivity contribution in [2.24, 2.45) is 11.7 Å². The fourth-order valence-corrected chi connectivity index (χ4v) is 2.10. The average Bonchev–Trinajstić information content (AvgIpc) is 2.40. The summed E-state index contributed by atoms with van der Waals surface area (Å²) in [6.07, 6.45) is 4.35. The summed E-state index contributed by atoms with van der Waals surface area (Å²) in [4.78, 5) is 6.89. The molecule has 1 heterocycles. The van der Waals surface area contributed by atoms with Crippen molar-refractivity contribution in [3.63, 3.8) is 0 Å². The Labute approximate surface area is 111 Å². The fourth-order valence-electron chi connectivity index (χ4n) is 2.10. The van der Waals surface area contributed by atoms with Gasteiger partial charge in [-0.3, -0.25) is 0 Å². The summed E-state index contributed by atoms with van der Waals surface area (Å²) in [5.74, 6) is 1.81. The van der Waals surface area contributed by atoms with Gasteiger partial charge in [-0.05, 0) is 31.4 Å². The number of pyridine rings is 1. The molecule has 0 unspecified atom stereocenters. The first-order chi connectivity index (χ1) is 8.62. The largest absolute Gasteiger partial charge is 0.357 e. The van der Waals surface area contributed by atoms with Crippen LogP contribution < -0.4 is 10.6 Å². The third-order valence-corrected chi connectivity index (χ3v) is 3.64.